The summed E-state index contributed by atoms with van der Waals surface area (Å²) in [5, 5.41) is 0. The molecule has 0 saturated heterocycles. The number of ether oxygens (including phenoxy) is 3. The third-order valence-electron chi connectivity index (χ3n) is 15.4. The molecule has 6 heteroatoms. The van der Waals surface area contributed by atoms with Crippen molar-refractivity contribution < 1.29 is 28.6 Å². The smallest absolute Gasteiger partial charge is 0.306 e. The molecule has 468 valence electrons. The van der Waals surface area contributed by atoms with E-state index in [0.29, 0.717) is 19.3 Å². The van der Waals surface area contributed by atoms with E-state index in [1.165, 1.54) is 218 Å². The van der Waals surface area contributed by atoms with Gasteiger partial charge in [-0.05, 0) is 83.5 Å². The predicted molar refractivity (Wildman–Crippen MR) is 353 cm³/mol. The van der Waals surface area contributed by atoms with E-state index >= 15 is 0 Å². The Labute approximate surface area is 503 Å². The molecule has 0 aromatic heterocycles. The van der Waals surface area contributed by atoms with Crippen LogP contribution in [0.1, 0.15) is 355 Å². The van der Waals surface area contributed by atoms with Crippen molar-refractivity contribution in [3.8, 4) is 0 Å². The average Bonchev–Trinajstić information content (AvgIpc) is 3.47. The molecule has 0 spiro atoms. The van der Waals surface area contributed by atoms with Crippen molar-refractivity contribution in [2.75, 3.05) is 13.2 Å². The van der Waals surface area contributed by atoms with Gasteiger partial charge in [0.15, 0.2) is 6.10 Å². The van der Waals surface area contributed by atoms with Crippen molar-refractivity contribution in [1.82, 2.24) is 0 Å². The van der Waals surface area contributed by atoms with E-state index in [1.807, 2.05) is 6.08 Å². The molecule has 0 aromatic rings. The molecule has 0 rings (SSSR count). The van der Waals surface area contributed by atoms with Crippen LogP contribution in [0.4, 0.5) is 0 Å². The summed E-state index contributed by atoms with van der Waals surface area (Å²) in [6, 6.07) is 0. The van der Waals surface area contributed by atoms with Crippen molar-refractivity contribution in [3.63, 3.8) is 0 Å². The number of rotatable bonds is 64. The topological polar surface area (TPSA) is 78.9 Å². The summed E-state index contributed by atoms with van der Waals surface area (Å²) in [6.45, 7) is 6.50. The summed E-state index contributed by atoms with van der Waals surface area (Å²) in [5.74, 6) is -0.984. The van der Waals surface area contributed by atoms with Gasteiger partial charge in [0.25, 0.3) is 0 Å². The molecular formula is C75H132O6. The van der Waals surface area contributed by atoms with Crippen LogP contribution in [-0.4, -0.2) is 37.2 Å². The van der Waals surface area contributed by atoms with Gasteiger partial charge >= 0.3 is 17.9 Å². The van der Waals surface area contributed by atoms with E-state index in [-0.39, 0.29) is 37.5 Å². The normalized spacial score (nSPS) is 12.6. The number of unbranched alkanes of at least 4 members (excludes halogenated alkanes) is 39. The summed E-state index contributed by atoms with van der Waals surface area (Å²) in [5.41, 5.74) is 0. The van der Waals surface area contributed by atoms with Gasteiger partial charge in [-0.3, -0.25) is 14.4 Å². The van der Waals surface area contributed by atoms with Crippen LogP contribution in [0, 0.1) is 0 Å². The molecule has 1 unspecified atom stereocenters. The van der Waals surface area contributed by atoms with Crippen LogP contribution in [0.15, 0.2) is 85.1 Å². The largest absolute Gasteiger partial charge is 0.462 e. The monoisotopic (exact) mass is 1130 g/mol. The SMILES string of the molecule is CC/C=C\C/C=C\C/C=C\C/C=C\C/C=C\C/C=C\CCC(=O)OC(COC(=O)CCCCCCC/C=C\CCCCCCCC)COC(=O)CCCCCCCCCCCCCCCCCCCCCCCCCCCCCCC. The fourth-order valence-electron chi connectivity index (χ4n) is 10.2. The maximum absolute atomic E-state index is 12.9. The third kappa shape index (κ3) is 67.3. The number of carbonyl (C=O) groups is 3. The highest BCUT2D eigenvalue weighted by molar-refractivity contribution is 5.71. The van der Waals surface area contributed by atoms with Crippen LogP contribution in [0.25, 0.3) is 0 Å². The second-order valence-corrected chi connectivity index (χ2v) is 23.4. The van der Waals surface area contributed by atoms with Crippen molar-refractivity contribution in [2.45, 2.75) is 361 Å². The Hall–Kier alpha value is -3.41. The first kappa shape index (κ1) is 77.6. The Morgan fingerprint density at radius 1 is 0.259 bits per heavy atom. The van der Waals surface area contributed by atoms with Crippen LogP contribution >= 0.6 is 0 Å². The zero-order valence-electron chi connectivity index (χ0n) is 53.8. The van der Waals surface area contributed by atoms with E-state index in [0.717, 1.165) is 89.9 Å². The minimum Gasteiger partial charge on any atom is -0.462 e. The lowest BCUT2D eigenvalue weighted by Crippen LogP contribution is -2.30. The average molecular weight is 1130 g/mol. The van der Waals surface area contributed by atoms with Gasteiger partial charge in [-0.15, -0.1) is 0 Å². The summed E-state index contributed by atoms with van der Waals surface area (Å²) in [6.07, 6.45) is 92.1. The van der Waals surface area contributed by atoms with Crippen LogP contribution in [0.2, 0.25) is 0 Å². The molecule has 0 aromatic carbocycles. The Kier molecular flexibility index (Phi) is 66.2. The van der Waals surface area contributed by atoms with Crippen molar-refractivity contribution >= 4 is 17.9 Å². The lowest BCUT2D eigenvalue weighted by molar-refractivity contribution is -0.166. The van der Waals surface area contributed by atoms with E-state index in [9.17, 15) is 14.4 Å². The molecule has 0 aliphatic heterocycles. The highest BCUT2D eigenvalue weighted by Crippen LogP contribution is 2.18. The van der Waals surface area contributed by atoms with Gasteiger partial charge in [0, 0.05) is 19.3 Å². The molecule has 0 fully saturated rings. The summed E-state index contributed by atoms with van der Waals surface area (Å²) >= 11 is 0. The Morgan fingerprint density at radius 2 is 0.506 bits per heavy atom. The molecule has 6 nitrogen and oxygen atoms in total. The van der Waals surface area contributed by atoms with Gasteiger partial charge < -0.3 is 14.2 Å². The summed E-state index contributed by atoms with van der Waals surface area (Å²) in [4.78, 5) is 38.4. The van der Waals surface area contributed by atoms with Crippen LogP contribution in [0.5, 0.6) is 0 Å². The lowest BCUT2D eigenvalue weighted by Gasteiger charge is -2.18. The first-order valence-electron chi connectivity index (χ1n) is 35.1. The van der Waals surface area contributed by atoms with E-state index < -0.39 is 6.10 Å². The molecule has 0 aliphatic rings. The molecular weight excluding hydrogens is 997 g/mol. The van der Waals surface area contributed by atoms with Crippen molar-refractivity contribution in [3.05, 3.63) is 85.1 Å². The molecule has 0 saturated carbocycles. The Morgan fingerprint density at radius 3 is 0.802 bits per heavy atom. The number of hydrogen-bond donors (Lipinski definition) is 0. The molecule has 0 aliphatic carbocycles. The predicted octanol–water partition coefficient (Wildman–Crippen LogP) is 24.2. The van der Waals surface area contributed by atoms with E-state index in [1.54, 1.807) is 0 Å². The van der Waals surface area contributed by atoms with Crippen LogP contribution in [0.3, 0.4) is 0 Å². The number of esters is 3. The summed E-state index contributed by atoms with van der Waals surface area (Å²) in [7, 11) is 0. The standard InChI is InChI=1S/C75H132O6/c1-4-7-10-13-16-19-22-25-28-30-32-33-34-35-36-37-38-39-40-41-43-44-47-50-53-56-59-62-65-68-74(77)80-71-72(70-79-73(76)67-64-61-58-55-52-49-46-27-24-21-18-15-12-9-6-3)81-75(78)69-66-63-60-57-54-51-48-45-42-31-29-26-23-20-17-14-11-8-5-2/h8,11,17,20,26-27,29,42,45-46,51,54,60,63,72H,4-7,9-10,12-16,18-19,21-25,28,30-41,43-44,47-50,52-53,55-59,61-62,64-71H2,1-3H3/b11-8-,20-17-,29-26-,45-42-,46-27-,54-51-,63-60-. The number of carbonyl (C=O) groups excluding carboxylic acids is 3. The summed E-state index contributed by atoms with van der Waals surface area (Å²) < 4.78 is 16.9. The maximum Gasteiger partial charge on any atom is 0.306 e. The second kappa shape index (κ2) is 69.1. The Balaban J connectivity index is 4.31. The van der Waals surface area contributed by atoms with Gasteiger partial charge in [-0.2, -0.15) is 0 Å². The molecule has 1 atom stereocenters. The van der Waals surface area contributed by atoms with Crippen molar-refractivity contribution in [2.24, 2.45) is 0 Å². The third-order valence-corrected chi connectivity index (χ3v) is 15.4. The number of hydrogen-bond acceptors (Lipinski definition) is 6. The van der Waals surface area contributed by atoms with Gasteiger partial charge in [0.05, 0.1) is 0 Å². The second-order valence-electron chi connectivity index (χ2n) is 23.4. The van der Waals surface area contributed by atoms with Crippen LogP contribution < -0.4 is 0 Å². The first-order chi connectivity index (χ1) is 40.0. The van der Waals surface area contributed by atoms with Gasteiger partial charge in [0.2, 0.25) is 0 Å². The quantitative estimate of drug-likeness (QED) is 0.0261. The van der Waals surface area contributed by atoms with Gasteiger partial charge in [0.1, 0.15) is 13.2 Å². The molecule has 81 heavy (non-hydrogen) atoms. The zero-order chi connectivity index (χ0) is 58.5. The van der Waals surface area contributed by atoms with E-state index in [2.05, 4.69) is 99.8 Å². The minimum absolute atomic E-state index is 0.106. The number of allylic oxidation sites excluding steroid dienone is 14. The molecule has 0 heterocycles. The van der Waals surface area contributed by atoms with Crippen LogP contribution in [-0.2, 0) is 28.6 Å². The van der Waals surface area contributed by atoms with Crippen molar-refractivity contribution in [1.29, 1.82) is 0 Å². The highest BCUT2D eigenvalue weighted by atomic mass is 16.6. The molecule has 0 radical (unpaired) electrons. The molecule has 0 bridgehead atoms. The fraction of sp³-hybridized carbons (Fsp3) is 0.773. The molecule has 0 amide bonds. The van der Waals surface area contributed by atoms with E-state index in [4.69, 9.17) is 14.2 Å². The van der Waals surface area contributed by atoms with Gasteiger partial charge in [-0.1, -0.05) is 337 Å². The highest BCUT2D eigenvalue weighted by Gasteiger charge is 2.19. The lowest BCUT2D eigenvalue weighted by atomic mass is 10.0. The maximum atomic E-state index is 12.9. The fourth-order valence-corrected chi connectivity index (χ4v) is 10.2. The zero-order valence-corrected chi connectivity index (χ0v) is 53.8. The Bertz CT molecular complexity index is 1530. The first-order valence-corrected chi connectivity index (χ1v) is 35.1. The minimum atomic E-state index is -0.821. The van der Waals surface area contributed by atoms with Gasteiger partial charge in [-0.25, -0.2) is 0 Å². The molecule has 0 N–H and O–H groups in total.